The Kier molecular flexibility index (Phi) is 23.7. The molecule has 2 rings (SSSR count). The third-order valence-corrected chi connectivity index (χ3v) is 10.6. The van der Waals surface area contributed by atoms with Crippen LogP contribution in [0.15, 0.2) is 24.3 Å². The Hall–Kier alpha value is -3.70. The molecule has 0 radical (unpaired) electrons. The summed E-state index contributed by atoms with van der Waals surface area (Å²) in [6.07, 6.45) is 4.01. The van der Waals surface area contributed by atoms with Gasteiger partial charge in [-0.1, -0.05) is 58.9 Å². The van der Waals surface area contributed by atoms with Crippen molar-refractivity contribution in [1.82, 2.24) is 20.9 Å². The molecule has 1 fully saturated rings. The van der Waals surface area contributed by atoms with Crippen molar-refractivity contribution in [2.45, 2.75) is 117 Å². The molecule has 1 aliphatic rings. The molecule has 1 heterocycles. The fourth-order valence-electron chi connectivity index (χ4n) is 6.53. The van der Waals surface area contributed by atoms with Crippen LogP contribution in [0.2, 0.25) is 0 Å². The van der Waals surface area contributed by atoms with Crippen molar-refractivity contribution >= 4 is 52.7 Å². The zero-order chi connectivity index (χ0) is 44.0. The summed E-state index contributed by atoms with van der Waals surface area (Å²) in [7, 11) is 0. The number of hydrogen-bond donors (Lipinski definition) is 4. The first-order valence-electron chi connectivity index (χ1n) is 20.7. The van der Waals surface area contributed by atoms with Crippen molar-refractivity contribution in [2.24, 2.45) is 17.1 Å². The van der Waals surface area contributed by atoms with Gasteiger partial charge in [-0.05, 0) is 62.2 Å². The summed E-state index contributed by atoms with van der Waals surface area (Å²) in [5, 5.41) is 8.70. The van der Waals surface area contributed by atoms with Gasteiger partial charge in [0.2, 0.25) is 23.6 Å². The minimum absolute atomic E-state index is 0.00909. The van der Waals surface area contributed by atoms with Crippen LogP contribution < -0.4 is 21.7 Å². The molecular weight excluding hydrogens is 779 g/mol. The Bertz CT molecular complexity index is 1520. The predicted octanol–water partition coefficient (Wildman–Crippen LogP) is 3.04. The normalized spacial score (nSPS) is 15.7. The van der Waals surface area contributed by atoms with Crippen LogP contribution >= 0.6 is 11.8 Å². The van der Waals surface area contributed by atoms with Crippen LogP contribution in [-0.2, 0) is 49.4 Å². The summed E-state index contributed by atoms with van der Waals surface area (Å²) in [4.78, 5) is 92.1. The Morgan fingerprint density at radius 1 is 0.831 bits per heavy atom. The van der Waals surface area contributed by atoms with Crippen LogP contribution in [0.4, 0.5) is 0 Å². The number of nitrogens with zero attached hydrogens (tertiary/aromatic N) is 1. The molecule has 59 heavy (non-hydrogen) atoms. The number of carbonyl (C=O) groups excluding carboxylic acids is 7. The van der Waals surface area contributed by atoms with E-state index in [1.54, 1.807) is 36.0 Å². The molecule has 1 aliphatic heterocycles. The fraction of sp³-hybridized carbons (Fsp3) is 0.698. The standard InChI is InChI=1S/C43H69N5O10S/c1-29(2)24-33(37(51)16-17-39(52)47-38(28-59-7)43(4,5)6)46-42(55)35-10-8-19-48(35)41(54)27-57-20-9-11-36(50)34(25-31-12-14-32(15-13-31)30(3)49)45-40(53)26-58-23-22-56-21-18-44/h12-15,29,33-35,38H,8-11,16-28,44H2,1-7H3,(H,45,53)(H,46,55)(H,47,52)/t33-,34-,35-,38-/m0/s1. The van der Waals surface area contributed by atoms with Crippen LogP contribution in [0.3, 0.4) is 0 Å². The maximum atomic E-state index is 13.5. The van der Waals surface area contributed by atoms with Crippen molar-refractivity contribution in [3.8, 4) is 0 Å². The first-order valence-corrected chi connectivity index (χ1v) is 22.1. The highest BCUT2D eigenvalue weighted by Crippen LogP contribution is 2.23. The summed E-state index contributed by atoms with van der Waals surface area (Å²) in [6.45, 7) is 12.7. The number of thioether (sulfide) groups is 1. The maximum Gasteiger partial charge on any atom is 0.249 e. The Labute approximate surface area is 354 Å². The van der Waals surface area contributed by atoms with E-state index in [2.05, 4.69) is 36.7 Å². The quantitative estimate of drug-likeness (QED) is 0.0677. The second-order valence-corrected chi connectivity index (χ2v) is 17.4. The molecule has 1 aromatic rings. The van der Waals surface area contributed by atoms with E-state index in [0.29, 0.717) is 44.5 Å². The predicted molar refractivity (Wildman–Crippen MR) is 228 cm³/mol. The van der Waals surface area contributed by atoms with E-state index < -0.39 is 29.9 Å². The van der Waals surface area contributed by atoms with Crippen LogP contribution in [-0.4, -0.2) is 135 Å². The number of likely N-dealkylation sites (tertiary alicyclic amines) is 1. The van der Waals surface area contributed by atoms with E-state index in [1.165, 1.54) is 11.8 Å². The molecule has 4 atom stereocenters. The average molecular weight is 848 g/mol. The van der Waals surface area contributed by atoms with Crippen molar-refractivity contribution in [1.29, 1.82) is 0 Å². The van der Waals surface area contributed by atoms with Gasteiger partial charge in [0.25, 0.3) is 0 Å². The van der Waals surface area contributed by atoms with E-state index >= 15 is 0 Å². The summed E-state index contributed by atoms with van der Waals surface area (Å²) in [5.41, 5.74) is 6.55. The fourth-order valence-corrected chi connectivity index (χ4v) is 7.44. The van der Waals surface area contributed by atoms with Gasteiger partial charge >= 0.3 is 0 Å². The molecule has 5 N–H and O–H groups in total. The largest absolute Gasteiger partial charge is 0.378 e. The summed E-state index contributed by atoms with van der Waals surface area (Å²) >= 11 is 1.65. The number of ether oxygens (including phenoxy) is 3. The van der Waals surface area contributed by atoms with Gasteiger partial charge in [0, 0.05) is 56.3 Å². The summed E-state index contributed by atoms with van der Waals surface area (Å²) in [6, 6.07) is 4.39. The van der Waals surface area contributed by atoms with E-state index in [0.717, 1.165) is 11.3 Å². The first kappa shape index (κ1) is 51.4. The minimum atomic E-state index is -0.859. The molecule has 16 heteroatoms. The van der Waals surface area contributed by atoms with Crippen LogP contribution in [0.25, 0.3) is 0 Å². The van der Waals surface area contributed by atoms with Gasteiger partial charge in [-0.15, -0.1) is 0 Å². The monoisotopic (exact) mass is 847 g/mol. The second-order valence-electron chi connectivity index (χ2n) is 16.5. The van der Waals surface area contributed by atoms with Crippen molar-refractivity contribution in [3.63, 3.8) is 0 Å². The Balaban J connectivity index is 1.91. The lowest BCUT2D eigenvalue weighted by molar-refractivity contribution is -0.142. The Morgan fingerprint density at radius 3 is 2.12 bits per heavy atom. The number of nitrogens with two attached hydrogens (primary N) is 1. The molecule has 1 aromatic carbocycles. The van der Waals surface area contributed by atoms with Gasteiger partial charge in [0.15, 0.2) is 17.3 Å². The number of rotatable bonds is 29. The average Bonchev–Trinajstić information content (AvgIpc) is 3.68. The van der Waals surface area contributed by atoms with E-state index in [4.69, 9.17) is 19.9 Å². The lowest BCUT2D eigenvalue weighted by Crippen LogP contribution is -2.52. The third-order valence-electron chi connectivity index (χ3n) is 9.93. The first-order chi connectivity index (χ1) is 28.0. The van der Waals surface area contributed by atoms with Crippen molar-refractivity contribution in [2.75, 3.05) is 64.7 Å². The van der Waals surface area contributed by atoms with Crippen molar-refractivity contribution in [3.05, 3.63) is 35.4 Å². The molecule has 0 spiro atoms. The highest BCUT2D eigenvalue weighted by Gasteiger charge is 2.36. The number of nitrogens with one attached hydrogen (secondary N) is 3. The third kappa shape index (κ3) is 19.9. The molecule has 4 amide bonds. The van der Waals surface area contributed by atoms with E-state index in [1.807, 2.05) is 20.1 Å². The zero-order valence-electron chi connectivity index (χ0n) is 36.2. The highest BCUT2D eigenvalue weighted by molar-refractivity contribution is 7.98. The molecule has 0 aromatic heterocycles. The number of Topliss-reactive ketones (excluding diaryl/α,β-unsaturated/α-hetero) is 3. The smallest absolute Gasteiger partial charge is 0.249 e. The van der Waals surface area contributed by atoms with Gasteiger partial charge in [-0.25, -0.2) is 0 Å². The number of ketones is 3. The molecule has 15 nitrogen and oxygen atoms in total. The van der Waals surface area contributed by atoms with Crippen LogP contribution in [0.5, 0.6) is 0 Å². The van der Waals surface area contributed by atoms with Gasteiger partial charge in [0.1, 0.15) is 19.3 Å². The van der Waals surface area contributed by atoms with E-state index in [9.17, 15) is 33.6 Å². The van der Waals surface area contributed by atoms with Crippen LogP contribution in [0, 0.1) is 11.3 Å². The van der Waals surface area contributed by atoms with Gasteiger partial charge in [-0.3, -0.25) is 33.6 Å². The molecule has 332 valence electrons. The summed E-state index contributed by atoms with van der Waals surface area (Å²) in [5.74, 6) is -1.14. The lowest BCUT2D eigenvalue weighted by atomic mass is 9.87. The Morgan fingerprint density at radius 2 is 1.49 bits per heavy atom. The number of benzene rings is 1. The number of amides is 4. The van der Waals surface area contributed by atoms with E-state index in [-0.39, 0.29) is 112 Å². The number of carbonyl (C=O) groups is 7. The molecule has 0 unspecified atom stereocenters. The molecule has 0 saturated carbocycles. The van der Waals surface area contributed by atoms with Gasteiger partial charge in [0.05, 0.1) is 31.9 Å². The molecular formula is C43H69N5O10S. The lowest BCUT2D eigenvalue weighted by Gasteiger charge is -2.31. The number of hydrogen-bond acceptors (Lipinski definition) is 12. The second kappa shape index (κ2) is 27.2. The SMILES string of the molecule is CSC[C@H](NC(=O)CCC(=O)[C@H](CC(C)C)NC(=O)[C@@H]1CCCN1C(=O)COCCCC(=O)[C@H](Cc1ccc(C(C)=O)cc1)NC(=O)COCCOCCN)C(C)(C)C. The van der Waals surface area contributed by atoms with Gasteiger partial charge in [-0.2, -0.15) is 11.8 Å². The summed E-state index contributed by atoms with van der Waals surface area (Å²) < 4.78 is 16.3. The minimum Gasteiger partial charge on any atom is -0.378 e. The molecule has 0 aliphatic carbocycles. The van der Waals surface area contributed by atoms with Gasteiger partial charge < -0.3 is 40.8 Å². The van der Waals surface area contributed by atoms with Crippen molar-refractivity contribution < 1.29 is 47.8 Å². The molecule has 1 saturated heterocycles. The van der Waals surface area contributed by atoms with Crippen LogP contribution in [0.1, 0.15) is 102 Å². The zero-order valence-corrected chi connectivity index (χ0v) is 37.0. The topological polar surface area (TPSA) is 213 Å². The highest BCUT2D eigenvalue weighted by atomic mass is 32.2. The molecule has 0 bridgehead atoms. The maximum absolute atomic E-state index is 13.5.